The van der Waals surface area contributed by atoms with E-state index in [-0.39, 0.29) is 17.9 Å². The Bertz CT molecular complexity index is 644. The first kappa shape index (κ1) is 15.4. The van der Waals surface area contributed by atoms with E-state index in [0.717, 1.165) is 10.0 Å². The molecule has 1 unspecified atom stereocenters. The van der Waals surface area contributed by atoms with Gasteiger partial charge in [-0.25, -0.2) is 0 Å². The number of benzene rings is 1. The van der Waals surface area contributed by atoms with Crippen molar-refractivity contribution in [1.82, 2.24) is 15.0 Å². The van der Waals surface area contributed by atoms with Crippen LogP contribution in [0.4, 0.5) is 11.9 Å². The minimum Gasteiger partial charge on any atom is -0.348 e. The van der Waals surface area contributed by atoms with Crippen molar-refractivity contribution < 1.29 is 4.79 Å². The standard InChI is InChI=1S/C14H16BrN5O/c1-8(11-4-6-12(15)7-5-11)16-13-17-9(2)18-14(20-13)19-10(3)21/h4-8H,1-3H3,(H2,16,17,18,19,20,21). The Kier molecular flexibility index (Phi) is 4.85. The van der Waals surface area contributed by atoms with Crippen molar-refractivity contribution in [3.05, 3.63) is 40.1 Å². The van der Waals surface area contributed by atoms with E-state index < -0.39 is 0 Å². The molecular weight excluding hydrogens is 334 g/mol. The minimum absolute atomic E-state index is 0.0325. The Morgan fingerprint density at radius 2 is 1.76 bits per heavy atom. The van der Waals surface area contributed by atoms with Crippen LogP contribution in [-0.4, -0.2) is 20.9 Å². The van der Waals surface area contributed by atoms with Crippen LogP contribution in [0.3, 0.4) is 0 Å². The molecule has 1 aromatic carbocycles. The molecule has 0 aliphatic rings. The van der Waals surface area contributed by atoms with Gasteiger partial charge in [-0.15, -0.1) is 0 Å². The summed E-state index contributed by atoms with van der Waals surface area (Å²) in [7, 11) is 0. The second kappa shape index (κ2) is 6.62. The van der Waals surface area contributed by atoms with E-state index in [9.17, 15) is 4.79 Å². The van der Waals surface area contributed by atoms with Crippen LogP contribution < -0.4 is 10.6 Å². The fourth-order valence-electron chi connectivity index (χ4n) is 1.79. The lowest BCUT2D eigenvalue weighted by molar-refractivity contribution is -0.114. The molecule has 7 heteroatoms. The summed E-state index contributed by atoms with van der Waals surface area (Å²) >= 11 is 3.41. The number of halogens is 1. The molecule has 0 saturated heterocycles. The summed E-state index contributed by atoms with van der Waals surface area (Å²) in [6, 6.07) is 8.03. The molecule has 1 aromatic heterocycles. The zero-order valence-corrected chi connectivity index (χ0v) is 13.6. The maximum absolute atomic E-state index is 11.1. The molecule has 0 saturated carbocycles. The number of hydrogen-bond acceptors (Lipinski definition) is 5. The second-order valence-corrected chi connectivity index (χ2v) is 5.54. The summed E-state index contributed by atoms with van der Waals surface area (Å²) < 4.78 is 1.03. The van der Waals surface area contributed by atoms with Crippen molar-refractivity contribution >= 4 is 33.7 Å². The van der Waals surface area contributed by atoms with Gasteiger partial charge in [0.2, 0.25) is 17.8 Å². The Labute approximate surface area is 131 Å². The van der Waals surface area contributed by atoms with Crippen LogP contribution in [0.15, 0.2) is 28.7 Å². The summed E-state index contributed by atoms with van der Waals surface area (Å²) in [5, 5.41) is 5.76. The Balaban J connectivity index is 2.16. The number of aryl methyl sites for hydroxylation is 1. The lowest BCUT2D eigenvalue weighted by Crippen LogP contribution is -2.15. The molecule has 2 N–H and O–H groups in total. The number of anilines is 2. The van der Waals surface area contributed by atoms with Gasteiger partial charge in [-0.1, -0.05) is 28.1 Å². The zero-order chi connectivity index (χ0) is 15.4. The van der Waals surface area contributed by atoms with Gasteiger partial charge in [0.05, 0.1) is 6.04 Å². The van der Waals surface area contributed by atoms with E-state index >= 15 is 0 Å². The smallest absolute Gasteiger partial charge is 0.234 e. The zero-order valence-electron chi connectivity index (χ0n) is 12.0. The lowest BCUT2D eigenvalue weighted by atomic mass is 10.1. The molecule has 1 atom stereocenters. The summed E-state index contributed by atoms with van der Waals surface area (Å²) in [4.78, 5) is 23.6. The monoisotopic (exact) mass is 349 g/mol. The van der Waals surface area contributed by atoms with E-state index in [1.807, 2.05) is 31.2 Å². The van der Waals surface area contributed by atoms with Gasteiger partial charge in [-0.2, -0.15) is 15.0 Å². The average molecular weight is 350 g/mol. The van der Waals surface area contributed by atoms with E-state index in [4.69, 9.17) is 0 Å². The SMILES string of the molecule is CC(=O)Nc1nc(C)nc(NC(C)c2ccc(Br)cc2)n1. The molecule has 1 heterocycles. The van der Waals surface area contributed by atoms with Crippen LogP contribution in [0.5, 0.6) is 0 Å². The largest absolute Gasteiger partial charge is 0.348 e. The molecule has 110 valence electrons. The molecular formula is C14H16BrN5O. The van der Waals surface area contributed by atoms with E-state index in [2.05, 4.69) is 41.5 Å². The number of hydrogen-bond donors (Lipinski definition) is 2. The maximum atomic E-state index is 11.1. The lowest BCUT2D eigenvalue weighted by Gasteiger charge is -2.15. The minimum atomic E-state index is -0.215. The normalized spacial score (nSPS) is 11.8. The Morgan fingerprint density at radius 1 is 1.14 bits per heavy atom. The molecule has 0 aliphatic heterocycles. The summed E-state index contributed by atoms with van der Waals surface area (Å²) in [5.74, 6) is 1.01. The molecule has 0 aliphatic carbocycles. The van der Waals surface area contributed by atoms with Crippen molar-refractivity contribution in [2.24, 2.45) is 0 Å². The molecule has 0 fully saturated rings. The van der Waals surface area contributed by atoms with Crippen molar-refractivity contribution in [2.45, 2.75) is 26.8 Å². The first-order valence-electron chi connectivity index (χ1n) is 6.46. The van der Waals surface area contributed by atoms with Crippen molar-refractivity contribution in [3.63, 3.8) is 0 Å². The number of rotatable bonds is 4. The van der Waals surface area contributed by atoms with E-state index in [1.54, 1.807) is 6.92 Å². The van der Waals surface area contributed by atoms with Gasteiger partial charge < -0.3 is 5.32 Å². The Morgan fingerprint density at radius 3 is 2.38 bits per heavy atom. The van der Waals surface area contributed by atoms with Gasteiger partial charge in [-0.3, -0.25) is 10.1 Å². The van der Waals surface area contributed by atoms with E-state index in [1.165, 1.54) is 6.92 Å². The molecule has 0 spiro atoms. The van der Waals surface area contributed by atoms with E-state index in [0.29, 0.717) is 11.8 Å². The van der Waals surface area contributed by atoms with Crippen LogP contribution in [0, 0.1) is 6.92 Å². The van der Waals surface area contributed by atoms with Crippen LogP contribution in [-0.2, 0) is 4.79 Å². The third kappa shape index (κ3) is 4.49. The number of carbonyl (C=O) groups is 1. The molecule has 0 bridgehead atoms. The maximum Gasteiger partial charge on any atom is 0.234 e. The fraction of sp³-hybridized carbons (Fsp3) is 0.286. The predicted octanol–water partition coefficient (Wildman–Crippen LogP) is 3.07. The van der Waals surface area contributed by atoms with Crippen LogP contribution in [0.1, 0.15) is 31.3 Å². The highest BCUT2D eigenvalue weighted by Crippen LogP contribution is 2.19. The van der Waals surface area contributed by atoms with Gasteiger partial charge in [-0.05, 0) is 31.5 Å². The molecule has 2 rings (SSSR count). The number of nitrogens with zero attached hydrogens (tertiary/aromatic N) is 3. The van der Waals surface area contributed by atoms with Gasteiger partial charge in [0.25, 0.3) is 0 Å². The summed E-state index contributed by atoms with van der Waals surface area (Å²) in [5.41, 5.74) is 1.11. The highest BCUT2D eigenvalue weighted by atomic mass is 79.9. The Hall–Kier alpha value is -2.02. The molecule has 6 nitrogen and oxygen atoms in total. The number of nitrogens with one attached hydrogen (secondary N) is 2. The second-order valence-electron chi connectivity index (χ2n) is 4.63. The predicted molar refractivity (Wildman–Crippen MR) is 85.0 cm³/mol. The van der Waals surface area contributed by atoms with Gasteiger partial charge in [0.1, 0.15) is 5.82 Å². The topological polar surface area (TPSA) is 79.8 Å². The highest BCUT2D eigenvalue weighted by molar-refractivity contribution is 9.10. The third-order valence-corrected chi connectivity index (χ3v) is 3.28. The van der Waals surface area contributed by atoms with Gasteiger partial charge in [0.15, 0.2) is 0 Å². The van der Waals surface area contributed by atoms with Gasteiger partial charge >= 0.3 is 0 Å². The van der Waals surface area contributed by atoms with Crippen molar-refractivity contribution in [1.29, 1.82) is 0 Å². The molecule has 2 aromatic rings. The van der Waals surface area contributed by atoms with Gasteiger partial charge in [0, 0.05) is 11.4 Å². The molecule has 0 radical (unpaired) electrons. The fourth-order valence-corrected chi connectivity index (χ4v) is 2.05. The first-order valence-corrected chi connectivity index (χ1v) is 7.25. The van der Waals surface area contributed by atoms with Crippen LogP contribution >= 0.6 is 15.9 Å². The number of aromatic nitrogens is 3. The highest BCUT2D eigenvalue weighted by Gasteiger charge is 2.10. The average Bonchev–Trinajstić information content (AvgIpc) is 2.37. The van der Waals surface area contributed by atoms with Crippen LogP contribution in [0.2, 0.25) is 0 Å². The summed E-state index contributed by atoms with van der Waals surface area (Å²) in [6.45, 7) is 5.18. The van der Waals surface area contributed by atoms with Crippen molar-refractivity contribution in [3.8, 4) is 0 Å². The third-order valence-electron chi connectivity index (χ3n) is 2.75. The molecule has 21 heavy (non-hydrogen) atoms. The number of carbonyl (C=O) groups excluding carboxylic acids is 1. The number of amides is 1. The van der Waals surface area contributed by atoms with Crippen LogP contribution in [0.25, 0.3) is 0 Å². The molecule has 1 amide bonds. The summed E-state index contributed by atoms with van der Waals surface area (Å²) in [6.07, 6.45) is 0. The quantitative estimate of drug-likeness (QED) is 0.886. The van der Waals surface area contributed by atoms with Crippen molar-refractivity contribution in [2.75, 3.05) is 10.6 Å². The first-order chi connectivity index (χ1) is 9.94.